The lowest BCUT2D eigenvalue weighted by atomic mass is 10.1. The largest absolute Gasteiger partial charge is 0.409 e. The van der Waals surface area contributed by atoms with Crippen molar-refractivity contribution in [2.45, 2.75) is 57.4 Å². The average Bonchev–Trinajstić information content (AvgIpc) is 3.00. The van der Waals surface area contributed by atoms with Gasteiger partial charge in [0, 0.05) is 12.6 Å². The maximum Gasteiger partial charge on any atom is 0.153 e. The van der Waals surface area contributed by atoms with Crippen molar-refractivity contribution in [1.82, 2.24) is 4.90 Å². The summed E-state index contributed by atoms with van der Waals surface area (Å²) in [7, 11) is 0. The van der Waals surface area contributed by atoms with E-state index < -0.39 is 0 Å². The van der Waals surface area contributed by atoms with E-state index in [-0.39, 0.29) is 0 Å². The van der Waals surface area contributed by atoms with Crippen LogP contribution in [0.1, 0.15) is 51.4 Å². The lowest BCUT2D eigenvalue weighted by molar-refractivity contribution is 0.190. The number of hydrogen-bond acceptors (Lipinski definition) is 3. The van der Waals surface area contributed by atoms with Crippen molar-refractivity contribution in [2.75, 3.05) is 13.1 Å². The first-order chi connectivity index (χ1) is 8.29. The molecule has 98 valence electrons. The molecule has 0 unspecified atom stereocenters. The molecule has 0 aromatic rings. The first kappa shape index (κ1) is 12.7. The average molecular weight is 239 g/mol. The van der Waals surface area contributed by atoms with Gasteiger partial charge in [-0.3, -0.25) is 4.90 Å². The van der Waals surface area contributed by atoms with Crippen molar-refractivity contribution in [3.8, 4) is 0 Å². The van der Waals surface area contributed by atoms with Gasteiger partial charge in [0.25, 0.3) is 0 Å². The minimum absolute atomic E-state index is 0.356. The molecule has 0 aromatic carbocycles. The Kier molecular flexibility index (Phi) is 4.66. The highest BCUT2D eigenvalue weighted by Gasteiger charge is 2.26. The van der Waals surface area contributed by atoms with Crippen LogP contribution in [0, 0.1) is 5.92 Å². The molecule has 0 spiro atoms. The second kappa shape index (κ2) is 6.24. The molecule has 0 atom stereocenters. The van der Waals surface area contributed by atoms with Gasteiger partial charge in [-0.15, -0.1) is 0 Å². The predicted octanol–water partition coefficient (Wildman–Crippen LogP) is 2.17. The van der Waals surface area contributed by atoms with Gasteiger partial charge in [0.2, 0.25) is 0 Å². The highest BCUT2D eigenvalue weighted by molar-refractivity contribution is 5.81. The second-order valence-corrected chi connectivity index (χ2v) is 5.61. The Morgan fingerprint density at radius 1 is 1.12 bits per heavy atom. The third-order valence-electron chi connectivity index (χ3n) is 4.30. The summed E-state index contributed by atoms with van der Waals surface area (Å²) in [5, 5.41) is 11.9. The second-order valence-electron chi connectivity index (χ2n) is 5.61. The van der Waals surface area contributed by atoms with Gasteiger partial charge < -0.3 is 10.9 Å². The van der Waals surface area contributed by atoms with Crippen LogP contribution >= 0.6 is 0 Å². The Bertz CT molecular complexity index is 255. The molecule has 0 aliphatic heterocycles. The van der Waals surface area contributed by atoms with Crippen LogP contribution in [-0.4, -0.2) is 35.1 Å². The van der Waals surface area contributed by atoms with Crippen molar-refractivity contribution in [3.05, 3.63) is 0 Å². The molecule has 2 aliphatic rings. The van der Waals surface area contributed by atoms with Crippen LogP contribution in [0.15, 0.2) is 5.16 Å². The van der Waals surface area contributed by atoms with Gasteiger partial charge >= 0.3 is 0 Å². The van der Waals surface area contributed by atoms with E-state index in [4.69, 9.17) is 10.9 Å². The first-order valence-corrected chi connectivity index (χ1v) is 7.00. The number of oxime groups is 1. The quantitative estimate of drug-likeness (QED) is 0.334. The van der Waals surface area contributed by atoms with Crippen molar-refractivity contribution >= 4 is 5.84 Å². The molecule has 3 N–H and O–H groups in total. The molecule has 0 amide bonds. The molecule has 2 fully saturated rings. The molecular weight excluding hydrogens is 214 g/mol. The molecule has 0 radical (unpaired) electrons. The van der Waals surface area contributed by atoms with Gasteiger partial charge in [-0.1, -0.05) is 30.8 Å². The van der Waals surface area contributed by atoms with Crippen LogP contribution in [0.25, 0.3) is 0 Å². The van der Waals surface area contributed by atoms with Crippen molar-refractivity contribution < 1.29 is 5.21 Å². The molecule has 2 rings (SSSR count). The van der Waals surface area contributed by atoms with Crippen molar-refractivity contribution in [1.29, 1.82) is 0 Å². The summed E-state index contributed by atoms with van der Waals surface area (Å²) >= 11 is 0. The summed E-state index contributed by atoms with van der Waals surface area (Å²) in [6.45, 7) is 1.78. The highest BCUT2D eigenvalue weighted by Crippen LogP contribution is 2.29. The van der Waals surface area contributed by atoms with E-state index in [1.54, 1.807) is 0 Å². The van der Waals surface area contributed by atoms with Gasteiger partial charge in [-0.2, -0.15) is 0 Å². The zero-order valence-corrected chi connectivity index (χ0v) is 10.6. The number of nitrogens with zero attached hydrogens (tertiary/aromatic N) is 2. The van der Waals surface area contributed by atoms with Crippen molar-refractivity contribution in [3.63, 3.8) is 0 Å². The molecule has 0 aromatic heterocycles. The lowest BCUT2D eigenvalue weighted by Gasteiger charge is -2.30. The zero-order valence-electron chi connectivity index (χ0n) is 10.6. The number of amidine groups is 1. The fraction of sp³-hybridized carbons (Fsp3) is 0.923. The topological polar surface area (TPSA) is 61.8 Å². The van der Waals surface area contributed by atoms with E-state index >= 15 is 0 Å². The van der Waals surface area contributed by atoms with Crippen LogP contribution in [0.2, 0.25) is 0 Å². The normalized spacial score (nSPS) is 23.9. The van der Waals surface area contributed by atoms with E-state index in [1.807, 2.05) is 0 Å². The zero-order chi connectivity index (χ0) is 12.1. The summed E-state index contributed by atoms with van der Waals surface area (Å²) in [5.41, 5.74) is 5.67. The van der Waals surface area contributed by atoms with Gasteiger partial charge in [-0.25, -0.2) is 0 Å². The molecule has 4 nitrogen and oxygen atoms in total. The fourth-order valence-corrected chi connectivity index (χ4v) is 3.38. The van der Waals surface area contributed by atoms with E-state index in [0.717, 1.165) is 12.5 Å². The number of hydrogen-bond donors (Lipinski definition) is 2. The monoisotopic (exact) mass is 239 g/mol. The molecule has 0 heterocycles. The van der Waals surface area contributed by atoms with E-state index in [0.29, 0.717) is 18.4 Å². The minimum Gasteiger partial charge on any atom is -0.409 e. The Balaban J connectivity index is 1.90. The molecule has 0 saturated heterocycles. The van der Waals surface area contributed by atoms with Crippen LogP contribution < -0.4 is 5.73 Å². The standard InChI is InChI=1S/C13H25N3O/c14-13(15-17)10-16(12-7-3-4-8-12)9-11-5-1-2-6-11/h11-12,17H,1-10H2,(H2,14,15). The number of nitrogens with two attached hydrogens (primary N) is 1. The molecule has 0 bridgehead atoms. The third kappa shape index (κ3) is 3.60. The van der Waals surface area contributed by atoms with Crippen molar-refractivity contribution in [2.24, 2.45) is 16.8 Å². The van der Waals surface area contributed by atoms with Gasteiger partial charge in [-0.05, 0) is 31.6 Å². The summed E-state index contributed by atoms with van der Waals surface area (Å²) in [5.74, 6) is 1.19. The highest BCUT2D eigenvalue weighted by atomic mass is 16.4. The third-order valence-corrected chi connectivity index (χ3v) is 4.30. The predicted molar refractivity (Wildman–Crippen MR) is 69.2 cm³/mol. The summed E-state index contributed by atoms with van der Waals surface area (Å²) in [6, 6.07) is 0.663. The SMILES string of the molecule is NC(CN(CC1CCCC1)C1CCCC1)=NO. The Morgan fingerprint density at radius 3 is 2.29 bits per heavy atom. The van der Waals surface area contributed by atoms with Gasteiger partial charge in [0.05, 0.1) is 6.54 Å². The van der Waals surface area contributed by atoms with E-state index in [2.05, 4.69) is 10.1 Å². The fourth-order valence-electron chi connectivity index (χ4n) is 3.38. The Labute approximate surface area is 104 Å². The molecule has 17 heavy (non-hydrogen) atoms. The van der Waals surface area contributed by atoms with E-state index in [1.165, 1.54) is 51.4 Å². The van der Waals surface area contributed by atoms with Crippen LogP contribution in [0.3, 0.4) is 0 Å². The minimum atomic E-state index is 0.356. The summed E-state index contributed by atoms with van der Waals surface area (Å²) < 4.78 is 0. The maximum absolute atomic E-state index is 8.72. The van der Waals surface area contributed by atoms with E-state index in [9.17, 15) is 0 Å². The Morgan fingerprint density at radius 2 is 1.71 bits per heavy atom. The smallest absolute Gasteiger partial charge is 0.153 e. The molecule has 2 aliphatic carbocycles. The Hall–Kier alpha value is -0.770. The van der Waals surface area contributed by atoms with Crippen LogP contribution in [-0.2, 0) is 0 Å². The van der Waals surface area contributed by atoms with Crippen LogP contribution in [0.4, 0.5) is 0 Å². The summed E-state index contributed by atoms with van der Waals surface area (Å²) in [4.78, 5) is 2.46. The lowest BCUT2D eigenvalue weighted by Crippen LogP contribution is -2.42. The molecular formula is C13H25N3O. The maximum atomic E-state index is 8.72. The van der Waals surface area contributed by atoms with Gasteiger partial charge in [0.1, 0.15) is 0 Å². The molecule has 4 heteroatoms. The summed E-state index contributed by atoms with van der Waals surface area (Å²) in [6.07, 6.45) is 10.7. The van der Waals surface area contributed by atoms with Crippen LogP contribution in [0.5, 0.6) is 0 Å². The number of rotatable bonds is 5. The van der Waals surface area contributed by atoms with Gasteiger partial charge in [0.15, 0.2) is 5.84 Å². The first-order valence-electron chi connectivity index (χ1n) is 7.00. The molecule has 2 saturated carbocycles.